The molecule has 0 aromatic heterocycles. The summed E-state index contributed by atoms with van der Waals surface area (Å²) in [6.07, 6.45) is 8.58. The van der Waals surface area contributed by atoms with E-state index in [1.54, 1.807) is 5.56 Å². The van der Waals surface area contributed by atoms with Gasteiger partial charge in [-0.2, -0.15) is 0 Å². The van der Waals surface area contributed by atoms with Gasteiger partial charge in [0.25, 0.3) is 0 Å². The highest BCUT2D eigenvalue weighted by molar-refractivity contribution is 5.28. The Morgan fingerprint density at radius 2 is 1.53 bits per heavy atom. The molecule has 1 aromatic rings. The van der Waals surface area contributed by atoms with E-state index >= 15 is 0 Å². The zero-order chi connectivity index (χ0) is 10.7. The maximum Gasteiger partial charge on any atom is -0.0250 e. The zero-order valence-corrected chi connectivity index (χ0v) is 10.1. The molecule has 0 radical (unpaired) electrons. The molecule has 82 valence electrons. The van der Waals surface area contributed by atoms with Gasteiger partial charge in [0.15, 0.2) is 0 Å². The predicted octanol–water partition coefficient (Wildman–Crippen LogP) is 4.43. The third-order valence-corrected chi connectivity index (χ3v) is 3.53. The zero-order valence-electron chi connectivity index (χ0n) is 10.1. The third kappa shape index (κ3) is 3.09. The molecule has 0 aliphatic heterocycles. The van der Waals surface area contributed by atoms with E-state index in [0.29, 0.717) is 0 Å². The van der Waals surface area contributed by atoms with Gasteiger partial charge in [0.2, 0.25) is 0 Å². The second-order valence-electron chi connectivity index (χ2n) is 5.20. The van der Waals surface area contributed by atoms with Crippen molar-refractivity contribution in [2.45, 2.75) is 52.4 Å². The predicted molar refractivity (Wildman–Crippen MR) is 66.2 cm³/mol. The molecule has 1 aliphatic rings. The van der Waals surface area contributed by atoms with Gasteiger partial charge in [-0.15, -0.1) is 0 Å². The summed E-state index contributed by atoms with van der Waals surface area (Å²) < 4.78 is 0. The highest BCUT2D eigenvalue weighted by Gasteiger charge is 2.13. The Labute approximate surface area is 93.7 Å². The maximum absolute atomic E-state index is 2.36. The van der Waals surface area contributed by atoms with Crippen LogP contribution in [0.1, 0.15) is 48.8 Å². The minimum atomic E-state index is 0.958. The lowest BCUT2D eigenvalue weighted by Gasteiger charge is -2.21. The molecule has 0 heterocycles. The van der Waals surface area contributed by atoms with Crippen molar-refractivity contribution in [2.24, 2.45) is 5.92 Å². The molecule has 15 heavy (non-hydrogen) atoms. The number of hydrogen-bond acceptors (Lipinski definition) is 0. The van der Waals surface area contributed by atoms with Crippen LogP contribution in [0.3, 0.4) is 0 Å². The van der Waals surface area contributed by atoms with Crippen LogP contribution in [0, 0.1) is 19.8 Å². The maximum atomic E-state index is 2.36. The largest absolute Gasteiger partial charge is 0.0564 e. The number of hydrogen-bond donors (Lipinski definition) is 0. The standard InChI is InChI=1S/C15H22/c1-12-8-13(2)10-15(9-12)11-14-6-4-3-5-7-14/h8-10,14H,3-7,11H2,1-2H3. The van der Waals surface area contributed by atoms with E-state index in [4.69, 9.17) is 0 Å². The first kappa shape index (κ1) is 10.7. The molecule has 0 amide bonds. The Bertz CT molecular complexity index is 299. The van der Waals surface area contributed by atoms with Crippen LogP contribution >= 0.6 is 0 Å². The summed E-state index contributed by atoms with van der Waals surface area (Å²) >= 11 is 0. The van der Waals surface area contributed by atoms with Gasteiger partial charge in [-0.05, 0) is 31.7 Å². The Hall–Kier alpha value is -0.780. The van der Waals surface area contributed by atoms with E-state index in [-0.39, 0.29) is 0 Å². The van der Waals surface area contributed by atoms with E-state index in [0.717, 1.165) is 5.92 Å². The van der Waals surface area contributed by atoms with Crippen molar-refractivity contribution in [3.8, 4) is 0 Å². The minimum Gasteiger partial charge on any atom is -0.0564 e. The van der Waals surface area contributed by atoms with E-state index in [2.05, 4.69) is 32.0 Å². The fourth-order valence-electron chi connectivity index (χ4n) is 2.91. The van der Waals surface area contributed by atoms with Crippen molar-refractivity contribution < 1.29 is 0 Å². The molecule has 1 aliphatic carbocycles. The van der Waals surface area contributed by atoms with Crippen LogP contribution in [0.25, 0.3) is 0 Å². The molecular weight excluding hydrogens is 180 g/mol. The Kier molecular flexibility index (Phi) is 3.45. The van der Waals surface area contributed by atoms with Gasteiger partial charge >= 0.3 is 0 Å². The van der Waals surface area contributed by atoms with Crippen LogP contribution in [0.4, 0.5) is 0 Å². The van der Waals surface area contributed by atoms with Crippen molar-refractivity contribution in [2.75, 3.05) is 0 Å². The Balaban J connectivity index is 2.02. The molecule has 1 aromatic carbocycles. The average Bonchev–Trinajstić information content (AvgIpc) is 2.17. The normalized spacial score (nSPS) is 18.0. The van der Waals surface area contributed by atoms with E-state index in [1.165, 1.54) is 49.7 Å². The smallest absolute Gasteiger partial charge is 0.0250 e. The van der Waals surface area contributed by atoms with Crippen LogP contribution < -0.4 is 0 Å². The van der Waals surface area contributed by atoms with Crippen LogP contribution in [0.5, 0.6) is 0 Å². The second kappa shape index (κ2) is 4.83. The molecule has 0 spiro atoms. The quantitative estimate of drug-likeness (QED) is 0.665. The second-order valence-corrected chi connectivity index (χ2v) is 5.20. The number of benzene rings is 1. The molecule has 0 bridgehead atoms. The summed E-state index contributed by atoms with van der Waals surface area (Å²) in [6.45, 7) is 4.41. The van der Waals surface area contributed by atoms with Crippen molar-refractivity contribution in [3.05, 3.63) is 34.9 Å². The average molecular weight is 202 g/mol. The highest BCUT2D eigenvalue weighted by Crippen LogP contribution is 2.27. The Morgan fingerprint density at radius 1 is 0.933 bits per heavy atom. The van der Waals surface area contributed by atoms with E-state index < -0.39 is 0 Å². The monoisotopic (exact) mass is 202 g/mol. The molecule has 0 unspecified atom stereocenters. The molecular formula is C15H22. The summed E-state index contributed by atoms with van der Waals surface area (Å²) in [5.74, 6) is 0.958. The molecule has 0 heteroatoms. The third-order valence-electron chi connectivity index (χ3n) is 3.53. The first-order chi connectivity index (χ1) is 7.24. The van der Waals surface area contributed by atoms with Crippen LogP contribution in [0.2, 0.25) is 0 Å². The van der Waals surface area contributed by atoms with Crippen molar-refractivity contribution >= 4 is 0 Å². The lowest BCUT2D eigenvalue weighted by molar-refractivity contribution is 0.356. The lowest BCUT2D eigenvalue weighted by Crippen LogP contribution is -2.09. The molecule has 0 N–H and O–H groups in total. The van der Waals surface area contributed by atoms with E-state index in [9.17, 15) is 0 Å². The van der Waals surface area contributed by atoms with Gasteiger partial charge in [0, 0.05) is 0 Å². The fraction of sp³-hybridized carbons (Fsp3) is 0.600. The first-order valence-electron chi connectivity index (χ1n) is 6.31. The summed E-state index contributed by atoms with van der Waals surface area (Å²) in [4.78, 5) is 0. The fourth-order valence-corrected chi connectivity index (χ4v) is 2.91. The van der Waals surface area contributed by atoms with Gasteiger partial charge < -0.3 is 0 Å². The van der Waals surface area contributed by atoms with Crippen molar-refractivity contribution in [1.82, 2.24) is 0 Å². The number of aryl methyl sites for hydroxylation is 2. The van der Waals surface area contributed by atoms with Gasteiger partial charge in [-0.25, -0.2) is 0 Å². The van der Waals surface area contributed by atoms with Crippen molar-refractivity contribution in [3.63, 3.8) is 0 Å². The Morgan fingerprint density at radius 3 is 2.13 bits per heavy atom. The lowest BCUT2D eigenvalue weighted by atomic mass is 9.84. The molecule has 2 rings (SSSR count). The highest BCUT2D eigenvalue weighted by atomic mass is 14.2. The van der Waals surface area contributed by atoms with Gasteiger partial charge in [-0.1, -0.05) is 61.4 Å². The van der Waals surface area contributed by atoms with Crippen molar-refractivity contribution in [1.29, 1.82) is 0 Å². The summed E-state index contributed by atoms with van der Waals surface area (Å²) in [7, 11) is 0. The van der Waals surface area contributed by atoms with Crippen LogP contribution in [-0.2, 0) is 6.42 Å². The number of rotatable bonds is 2. The molecule has 0 nitrogen and oxygen atoms in total. The molecule has 0 saturated heterocycles. The minimum absolute atomic E-state index is 0.958. The van der Waals surface area contributed by atoms with Gasteiger partial charge in [0.1, 0.15) is 0 Å². The topological polar surface area (TPSA) is 0 Å². The first-order valence-corrected chi connectivity index (χ1v) is 6.31. The SMILES string of the molecule is Cc1cc(C)cc(CC2CCCCC2)c1. The van der Waals surface area contributed by atoms with Gasteiger partial charge in [-0.3, -0.25) is 0 Å². The summed E-state index contributed by atoms with van der Waals surface area (Å²) in [5, 5.41) is 0. The molecule has 1 fully saturated rings. The van der Waals surface area contributed by atoms with E-state index in [1.807, 2.05) is 0 Å². The van der Waals surface area contributed by atoms with Gasteiger partial charge in [0.05, 0.1) is 0 Å². The summed E-state index contributed by atoms with van der Waals surface area (Å²) in [6, 6.07) is 6.99. The van der Waals surface area contributed by atoms with Crippen LogP contribution in [0.15, 0.2) is 18.2 Å². The molecule has 1 saturated carbocycles. The summed E-state index contributed by atoms with van der Waals surface area (Å²) in [5.41, 5.74) is 4.39. The van der Waals surface area contributed by atoms with Crippen LogP contribution in [-0.4, -0.2) is 0 Å². The molecule has 0 atom stereocenters.